The van der Waals surface area contributed by atoms with Crippen molar-refractivity contribution in [3.05, 3.63) is 35.5 Å². The van der Waals surface area contributed by atoms with E-state index in [0.717, 1.165) is 11.1 Å². The van der Waals surface area contributed by atoms with Crippen LogP contribution in [0.5, 0.6) is 11.5 Å². The molecule has 0 unspecified atom stereocenters. The van der Waals surface area contributed by atoms with E-state index in [0.29, 0.717) is 23.1 Å². The highest BCUT2D eigenvalue weighted by atomic mass is 32.2. The SMILES string of the molecule is C#CCOc1cc([C@@H]2SCC(=O)Nc3[nH]ncc32)ccc1OC. The van der Waals surface area contributed by atoms with E-state index in [2.05, 4.69) is 21.4 Å². The van der Waals surface area contributed by atoms with E-state index < -0.39 is 0 Å². The Morgan fingerprint density at radius 2 is 2.35 bits per heavy atom. The number of hydrogen-bond donors (Lipinski definition) is 2. The maximum atomic E-state index is 11.8. The number of rotatable bonds is 4. The summed E-state index contributed by atoms with van der Waals surface area (Å²) >= 11 is 1.53. The second kappa shape index (κ2) is 6.67. The Labute approximate surface area is 137 Å². The van der Waals surface area contributed by atoms with Gasteiger partial charge in [0.25, 0.3) is 0 Å². The van der Waals surface area contributed by atoms with Gasteiger partial charge in [0.2, 0.25) is 5.91 Å². The van der Waals surface area contributed by atoms with E-state index in [1.807, 2.05) is 18.2 Å². The van der Waals surface area contributed by atoms with Gasteiger partial charge in [0.15, 0.2) is 11.5 Å². The first-order chi connectivity index (χ1) is 11.2. The van der Waals surface area contributed by atoms with Crippen LogP contribution in [0, 0.1) is 12.3 Å². The Morgan fingerprint density at radius 3 is 3.13 bits per heavy atom. The summed E-state index contributed by atoms with van der Waals surface area (Å²) in [5.74, 6) is 4.57. The minimum atomic E-state index is -0.0553. The van der Waals surface area contributed by atoms with Crippen molar-refractivity contribution in [2.24, 2.45) is 0 Å². The number of amides is 1. The summed E-state index contributed by atoms with van der Waals surface area (Å²) in [5.41, 5.74) is 1.91. The highest BCUT2D eigenvalue weighted by Gasteiger charge is 2.26. The average molecular weight is 329 g/mol. The Hall–Kier alpha value is -2.59. The molecule has 0 aliphatic carbocycles. The second-order valence-electron chi connectivity index (χ2n) is 4.84. The fourth-order valence-electron chi connectivity index (χ4n) is 2.38. The minimum Gasteiger partial charge on any atom is -0.493 e. The van der Waals surface area contributed by atoms with Gasteiger partial charge in [-0.15, -0.1) is 18.2 Å². The summed E-state index contributed by atoms with van der Waals surface area (Å²) in [6.07, 6.45) is 6.98. The number of terminal acetylenes is 1. The molecule has 3 rings (SSSR count). The van der Waals surface area contributed by atoms with Crippen molar-refractivity contribution >= 4 is 23.5 Å². The molecule has 0 radical (unpaired) electrons. The third kappa shape index (κ3) is 3.12. The first-order valence-electron chi connectivity index (χ1n) is 6.92. The minimum absolute atomic E-state index is 0.0400. The lowest BCUT2D eigenvalue weighted by Gasteiger charge is -2.16. The Kier molecular flexibility index (Phi) is 4.44. The first kappa shape index (κ1) is 15.3. The Bertz CT molecular complexity index is 766. The molecule has 0 saturated carbocycles. The molecule has 118 valence electrons. The molecule has 2 N–H and O–H groups in total. The van der Waals surface area contributed by atoms with Crippen LogP contribution in [0.4, 0.5) is 5.82 Å². The standard InChI is InChI=1S/C16H15N3O3S/c1-3-6-22-13-7-10(4-5-12(13)21-2)15-11-8-17-19-16(11)18-14(20)9-23-15/h1,4-5,7-8,15H,6,9H2,2H3,(H2,17,18,19,20)/t15-/m0/s1. The van der Waals surface area contributed by atoms with Crippen molar-refractivity contribution in [3.8, 4) is 23.8 Å². The summed E-state index contributed by atoms with van der Waals surface area (Å²) in [4.78, 5) is 11.8. The smallest absolute Gasteiger partial charge is 0.235 e. The fourth-order valence-corrected chi connectivity index (χ4v) is 3.47. The van der Waals surface area contributed by atoms with E-state index in [1.54, 1.807) is 13.3 Å². The molecule has 1 aromatic carbocycles. The van der Waals surface area contributed by atoms with Crippen LogP contribution < -0.4 is 14.8 Å². The molecule has 0 bridgehead atoms. The van der Waals surface area contributed by atoms with E-state index in [4.69, 9.17) is 15.9 Å². The molecule has 0 spiro atoms. The molecule has 23 heavy (non-hydrogen) atoms. The molecule has 1 atom stereocenters. The van der Waals surface area contributed by atoms with Crippen LogP contribution in [0.1, 0.15) is 16.4 Å². The van der Waals surface area contributed by atoms with Crippen LogP contribution in [0.15, 0.2) is 24.4 Å². The van der Waals surface area contributed by atoms with Crippen LogP contribution in [0.2, 0.25) is 0 Å². The number of anilines is 1. The number of H-pyrrole nitrogens is 1. The van der Waals surface area contributed by atoms with Gasteiger partial charge < -0.3 is 14.8 Å². The van der Waals surface area contributed by atoms with Crippen LogP contribution >= 0.6 is 11.8 Å². The fraction of sp³-hybridized carbons (Fsp3) is 0.250. The number of carbonyl (C=O) groups is 1. The van der Waals surface area contributed by atoms with Crippen molar-refractivity contribution in [2.45, 2.75) is 5.25 Å². The molecule has 1 aliphatic rings. The molecular weight excluding hydrogens is 314 g/mol. The molecular formula is C16H15N3O3S. The van der Waals surface area contributed by atoms with Gasteiger partial charge in [0.1, 0.15) is 12.4 Å². The molecule has 6 nitrogen and oxygen atoms in total. The number of aromatic nitrogens is 2. The number of hydrogen-bond acceptors (Lipinski definition) is 5. The summed E-state index contributed by atoms with van der Waals surface area (Å²) in [6, 6.07) is 5.67. The van der Waals surface area contributed by atoms with Crippen LogP contribution in [0.3, 0.4) is 0 Å². The average Bonchev–Trinajstić information content (AvgIpc) is 2.95. The number of aromatic amines is 1. The zero-order valence-electron chi connectivity index (χ0n) is 12.5. The number of nitrogens with one attached hydrogen (secondary N) is 2. The lowest BCUT2D eigenvalue weighted by Crippen LogP contribution is -2.12. The molecule has 0 saturated heterocycles. The van der Waals surface area contributed by atoms with Gasteiger partial charge in [-0.25, -0.2) is 0 Å². The highest BCUT2D eigenvalue weighted by molar-refractivity contribution is 8.00. The third-order valence-electron chi connectivity index (χ3n) is 3.40. The van der Waals surface area contributed by atoms with E-state index in [9.17, 15) is 4.79 Å². The second-order valence-corrected chi connectivity index (χ2v) is 5.94. The van der Waals surface area contributed by atoms with E-state index in [-0.39, 0.29) is 17.8 Å². The zero-order valence-corrected chi connectivity index (χ0v) is 13.3. The van der Waals surface area contributed by atoms with Gasteiger partial charge in [0.05, 0.1) is 24.3 Å². The van der Waals surface area contributed by atoms with E-state index in [1.165, 1.54) is 11.8 Å². The number of benzene rings is 1. The molecule has 2 heterocycles. The maximum Gasteiger partial charge on any atom is 0.235 e. The predicted octanol–water partition coefficient (Wildman–Crippen LogP) is 2.21. The van der Waals surface area contributed by atoms with E-state index >= 15 is 0 Å². The predicted molar refractivity (Wildman–Crippen MR) is 88.8 cm³/mol. The Balaban J connectivity index is 1.98. The van der Waals surface area contributed by atoms with Gasteiger partial charge in [-0.1, -0.05) is 12.0 Å². The van der Waals surface area contributed by atoms with Gasteiger partial charge in [0, 0.05) is 5.56 Å². The molecule has 7 heteroatoms. The summed E-state index contributed by atoms with van der Waals surface area (Å²) in [6.45, 7) is 0.161. The van der Waals surface area contributed by atoms with Crippen molar-refractivity contribution in [3.63, 3.8) is 0 Å². The zero-order chi connectivity index (χ0) is 16.2. The normalized spacial score (nSPS) is 16.7. The molecule has 2 aromatic rings. The summed E-state index contributed by atoms with van der Waals surface area (Å²) < 4.78 is 10.8. The highest BCUT2D eigenvalue weighted by Crippen LogP contribution is 2.42. The number of carbonyl (C=O) groups excluding carboxylic acids is 1. The van der Waals surface area contributed by atoms with Crippen LogP contribution in [-0.2, 0) is 4.79 Å². The summed E-state index contributed by atoms with van der Waals surface area (Å²) in [7, 11) is 1.58. The maximum absolute atomic E-state index is 11.8. The number of methoxy groups -OCH3 is 1. The largest absolute Gasteiger partial charge is 0.493 e. The lowest BCUT2D eigenvalue weighted by atomic mass is 10.1. The molecule has 1 aromatic heterocycles. The number of nitrogens with zero attached hydrogens (tertiary/aromatic N) is 1. The first-order valence-corrected chi connectivity index (χ1v) is 7.96. The van der Waals surface area contributed by atoms with Gasteiger partial charge in [-0.05, 0) is 17.7 Å². The molecule has 0 fully saturated rings. The number of ether oxygens (including phenoxy) is 2. The molecule has 1 amide bonds. The third-order valence-corrected chi connectivity index (χ3v) is 4.69. The quantitative estimate of drug-likeness (QED) is 0.841. The van der Waals surface area contributed by atoms with Crippen molar-refractivity contribution < 1.29 is 14.3 Å². The monoisotopic (exact) mass is 329 g/mol. The summed E-state index contributed by atoms with van der Waals surface area (Å²) in [5, 5.41) is 9.62. The van der Waals surface area contributed by atoms with Gasteiger partial charge in [-0.3, -0.25) is 9.89 Å². The number of fused-ring (bicyclic) bond motifs is 1. The lowest BCUT2D eigenvalue weighted by molar-refractivity contribution is -0.113. The molecule has 1 aliphatic heterocycles. The van der Waals surface area contributed by atoms with Crippen molar-refractivity contribution in [1.29, 1.82) is 0 Å². The number of thioether (sulfide) groups is 1. The van der Waals surface area contributed by atoms with Crippen LogP contribution in [-0.4, -0.2) is 35.6 Å². The topological polar surface area (TPSA) is 76.2 Å². The van der Waals surface area contributed by atoms with Gasteiger partial charge in [-0.2, -0.15) is 5.10 Å². The van der Waals surface area contributed by atoms with Crippen molar-refractivity contribution in [2.75, 3.05) is 24.8 Å². The van der Waals surface area contributed by atoms with Crippen LogP contribution in [0.25, 0.3) is 0 Å². The van der Waals surface area contributed by atoms with Gasteiger partial charge >= 0.3 is 0 Å². The Morgan fingerprint density at radius 1 is 1.48 bits per heavy atom. The van der Waals surface area contributed by atoms with Crippen molar-refractivity contribution in [1.82, 2.24) is 10.2 Å².